The van der Waals surface area contributed by atoms with Gasteiger partial charge in [-0.3, -0.25) is 4.68 Å². The minimum absolute atomic E-state index is 0.154. The highest BCUT2D eigenvalue weighted by atomic mass is 16.6. The van der Waals surface area contributed by atoms with Gasteiger partial charge in [0.05, 0.1) is 17.9 Å². The first kappa shape index (κ1) is 12.1. The topological polar surface area (TPSA) is 56.5 Å². The average molecular weight is 252 g/mol. The smallest absolute Gasteiger partial charge is 0.101 e. The molecular formula is C13H20N2O3. The first-order valence-corrected chi connectivity index (χ1v) is 6.58. The Labute approximate surface area is 107 Å². The fourth-order valence-corrected chi connectivity index (χ4v) is 3.03. The van der Waals surface area contributed by atoms with Crippen LogP contribution in [0.5, 0.6) is 0 Å². The van der Waals surface area contributed by atoms with Crippen LogP contribution in [0.2, 0.25) is 0 Å². The molecule has 5 heteroatoms. The number of aliphatic hydroxyl groups excluding tert-OH is 1. The molecule has 3 rings (SSSR count). The zero-order valence-corrected chi connectivity index (χ0v) is 10.7. The van der Waals surface area contributed by atoms with Crippen molar-refractivity contribution in [3.63, 3.8) is 0 Å². The molecule has 1 aromatic heterocycles. The molecule has 1 spiro atoms. The number of hydrogen-bond donors (Lipinski definition) is 1. The molecule has 0 radical (unpaired) electrons. The Hall–Kier alpha value is -0.910. The average Bonchev–Trinajstić information content (AvgIpc) is 2.98. The Morgan fingerprint density at radius 1 is 1.56 bits per heavy atom. The molecule has 18 heavy (non-hydrogen) atoms. The number of rotatable bonds is 2. The highest BCUT2D eigenvalue weighted by molar-refractivity contribution is 5.06. The monoisotopic (exact) mass is 252 g/mol. The lowest BCUT2D eigenvalue weighted by atomic mass is 9.81. The number of ether oxygens (including phenoxy) is 2. The third-order valence-corrected chi connectivity index (χ3v) is 4.08. The molecule has 0 aromatic carbocycles. The molecule has 0 amide bonds. The number of hydrogen-bond acceptors (Lipinski definition) is 4. The van der Waals surface area contributed by atoms with E-state index in [-0.39, 0.29) is 11.5 Å². The van der Waals surface area contributed by atoms with Crippen LogP contribution in [-0.4, -0.2) is 40.3 Å². The highest BCUT2D eigenvalue weighted by Crippen LogP contribution is 2.40. The Bertz CT molecular complexity index is 412. The molecule has 0 bridgehead atoms. The van der Waals surface area contributed by atoms with Crippen molar-refractivity contribution in [3.05, 3.63) is 18.0 Å². The van der Waals surface area contributed by atoms with E-state index in [1.165, 1.54) is 0 Å². The molecular weight excluding hydrogens is 232 g/mol. The maximum absolute atomic E-state index is 10.4. The standard InChI is InChI=1S/C13H20N2O3/c1-15-5-2-11(14-15)12(16)10-3-6-18-13(8-10)4-7-17-9-13/h2,5,10,12,16H,3-4,6-9H2,1H3. The summed E-state index contributed by atoms with van der Waals surface area (Å²) in [5, 5.41) is 14.7. The van der Waals surface area contributed by atoms with Crippen molar-refractivity contribution in [3.8, 4) is 0 Å². The maximum atomic E-state index is 10.4. The molecule has 2 saturated heterocycles. The first-order chi connectivity index (χ1) is 8.69. The third-order valence-electron chi connectivity index (χ3n) is 4.08. The van der Waals surface area contributed by atoms with E-state index in [9.17, 15) is 5.11 Å². The SMILES string of the molecule is Cn1ccc(C(O)C2CCOC3(CCOC3)C2)n1. The van der Waals surface area contributed by atoms with Gasteiger partial charge in [0.1, 0.15) is 6.10 Å². The number of aliphatic hydroxyl groups is 1. The summed E-state index contributed by atoms with van der Waals surface area (Å²) in [5.41, 5.74) is 0.608. The van der Waals surface area contributed by atoms with Crippen LogP contribution < -0.4 is 0 Å². The van der Waals surface area contributed by atoms with E-state index in [2.05, 4.69) is 5.10 Å². The van der Waals surface area contributed by atoms with Gasteiger partial charge in [-0.15, -0.1) is 0 Å². The van der Waals surface area contributed by atoms with E-state index in [4.69, 9.17) is 9.47 Å². The van der Waals surface area contributed by atoms with Gasteiger partial charge >= 0.3 is 0 Å². The minimum atomic E-state index is -0.493. The fourth-order valence-electron chi connectivity index (χ4n) is 3.03. The summed E-state index contributed by atoms with van der Waals surface area (Å²) in [7, 11) is 1.87. The fraction of sp³-hybridized carbons (Fsp3) is 0.769. The van der Waals surface area contributed by atoms with Gasteiger partial charge in [0.15, 0.2) is 0 Å². The third kappa shape index (κ3) is 2.18. The summed E-state index contributed by atoms with van der Waals surface area (Å²) in [5.74, 6) is 0.218. The lowest BCUT2D eigenvalue weighted by Gasteiger charge is -2.38. The molecule has 0 aliphatic carbocycles. The van der Waals surface area contributed by atoms with Crippen molar-refractivity contribution < 1.29 is 14.6 Å². The zero-order valence-electron chi connectivity index (χ0n) is 10.7. The predicted molar refractivity (Wildman–Crippen MR) is 65.0 cm³/mol. The van der Waals surface area contributed by atoms with Crippen LogP contribution in [0.3, 0.4) is 0 Å². The van der Waals surface area contributed by atoms with Gasteiger partial charge in [0, 0.05) is 32.9 Å². The second-order valence-electron chi connectivity index (χ2n) is 5.45. The van der Waals surface area contributed by atoms with E-state index in [1.54, 1.807) is 4.68 Å². The molecule has 100 valence electrons. The van der Waals surface area contributed by atoms with Crippen molar-refractivity contribution >= 4 is 0 Å². The van der Waals surface area contributed by atoms with E-state index < -0.39 is 6.10 Å². The molecule has 2 aliphatic heterocycles. The zero-order chi connectivity index (χ0) is 12.6. The Balaban J connectivity index is 1.72. The van der Waals surface area contributed by atoms with Crippen molar-refractivity contribution in [1.29, 1.82) is 0 Å². The number of aromatic nitrogens is 2. The van der Waals surface area contributed by atoms with E-state index in [1.807, 2.05) is 19.3 Å². The summed E-state index contributed by atoms with van der Waals surface area (Å²) in [6.07, 6.45) is 4.07. The van der Waals surface area contributed by atoms with E-state index >= 15 is 0 Å². The largest absolute Gasteiger partial charge is 0.386 e. The number of aryl methyl sites for hydroxylation is 1. The van der Waals surface area contributed by atoms with Crippen molar-refractivity contribution in [2.24, 2.45) is 13.0 Å². The normalized spacial score (nSPS) is 34.0. The lowest BCUT2D eigenvalue weighted by molar-refractivity contribution is -0.117. The minimum Gasteiger partial charge on any atom is -0.386 e. The van der Waals surface area contributed by atoms with Gasteiger partial charge in [0.2, 0.25) is 0 Å². The van der Waals surface area contributed by atoms with Gasteiger partial charge < -0.3 is 14.6 Å². The van der Waals surface area contributed by atoms with E-state index in [0.717, 1.165) is 31.6 Å². The summed E-state index contributed by atoms with van der Waals surface area (Å²) < 4.78 is 13.1. The van der Waals surface area contributed by atoms with Crippen LogP contribution in [0.1, 0.15) is 31.1 Å². The lowest BCUT2D eigenvalue weighted by Crippen LogP contribution is -2.41. The molecule has 2 fully saturated rings. The van der Waals surface area contributed by atoms with Crippen LogP contribution in [0.25, 0.3) is 0 Å². The van der Waals surface area contributed by atoms with Gasteiger partial charge in [-0.1, -0.05) is 0 Å². The summed E-state index contributed by atoms with van der Waals surface area (Å²) in [6.45, 7) is 2.14. The molecule has 1 aromatic rings. The predicted octanol–water partition coefficient (Wildman–Crippen LogP) is 1.04. The van der Waals surface area contributed by atoms with Crippen LogP contribution in [-0.2, 0) is 16.5 Å². The number of nitrogens with zero attached hydrogens (tertiary/aromatic N) is 2. The molecule has 2 aliphatic rings. The Morgan fingerprint density at radius 2 is 2.44 bits per heavy atom. The maximum Gasteiger partial charge on any atom is 0.101 e. The Morgan fingerprint density at radius 3 is 3.11 bits per heavy atom. The van der Waals surface area contributed by atoms with Gasteiger partial charge in [-0.2, -0.15) is 5.10 Å². The van der Waals surface area contributed by atoms with Crippen LogP contribution in [0, 0.1) is 5.92 Å². The van der Waals surface area contributed by atoms with E-state index in [0.29, 0.717) is 13.2 Å². The first-order valence-electron chi connectivity index (χ1n) is 6.58. The van der Waals surface area contributed by atoms with Crippen LogP contribution in [0.15, 0.2) is 12.3 Å². The van der Waals surface area contributed by atoms with Gasteiger partial charge in [0.25, 0.3) is 0 Å². The van der Waals surface area contributed by atoms with Gasteiger partial charge in [-0.25, -0.2) is 0 Å². The van der Waals surface area contributed by atoms with Crippen LogP contribution in [0.4, 0.5) is 0 Å². The van der Waals surface area contributed by atoms with Crippen LogP contribution >= 0.6 is 0 Å². The molecule has 0 saturated carbocycles. The highest BCUT2D eigenvalue weighted by Gasteiger charge is 2.43. The quantitative estimate of drug-likeness (QED) is 0.854. The molecule has 3 heterocycles. The van der Waals surface area contributed by atoms with Crippen molar-refractivity contribution in [2.75, 3.05) is 19.8 Å². The summed E-state index contributed by atoms with van der Waals surface area (Å²) in [4.78, 5) is 0. The second kappa shape index (κ2) is 4.64. The van der Waals surface area contributed by atoms with Crippen molar-refractivity contribution in [1.82, 2.24) is 9.78 Å². The molecule has 5 nitrogen and oxygen atoms in total. The Kier molecular flexibility index (Phi) is 3.13. The molecule has 3 atom stereocenters. The summed E-state index contributed by atoms with van der Waals surface area (Å²) in [6, 6.07) is 1.89. The molecule has 3 unspecified atom stereocenters. The van der Waals surface area contributed by atoms with Crippen molar-refractivity contribution in [2.45, 2.75) is 31.0 Å². The second-order valence-corrected chi connectivity index (χ2v) is 5.45. The van der Waals surface area contributed by atoms with Gasteiger partial charge in [-0.05, 0) is 24.8 Å². The summed E-state index contributed by atoms with van der Waals surface area (Å²) >= 11 is 0. The molecule has 1 N–H and O–H groups in total.